The van der Waals surface area contributed by atoms with Crippen LogP contribution in [0.3, 0.4) is 0 Å². The highest BCUT2D eigenvalue weighted by Crippen LogP contribution is 2.19. The Balaban J connectivity index is 1.97. The monoisotopic (exact) mass is 318 g/mol. The summed E-state index contributed by atoms with van der Waals surface area (Å²) in [5, 5.41) is 12.9. The molecule has 23 heavy (non-hydrogen) atoms. The highest BCUT2D eigenvalue weighted by Gasteiger charge is 2.18. The molecule has 0 aliphatic heterocycles. The molecule has 122 valence electrons. The summed E-state index contributed by atoms with van der Waals surface area (Å²) in [5.41, 5.74) is 0.935. The molecule has 0 saturated carbocycles. The van der Waals surface area contributed by atoms with E-state index in [1.54, 1.807) is 19.1 Å². The maximum atomic E-state index is 12.9. The standard InChI is InChI=1S/C17H19FN2O3/c1-11(10-15(21)12-5-7-13(18)8-6-12)20-16(22)14-4-3-9-19-17(14)23-2/h3-9,11,15,21H,10H2,1-2H3,(H,20,22). The molecule has 1 amide bonds. The summed E-state index contributed by atoms with van der Waals surface area (Å²) in [5.74, 6) is -0.434. The summed E-state index contributed by atoms with van der Waals surface area (Å²) in [6.45, 7) is 1.79. The lowest BCUT2D eigenvalue weighted by Gasteiger charge is -2.18. The Bertz CT molecular complexity index is 661. The Labute approximate surface area is 134 Å². The van der Waals surface area contributed by atoms with Gasteiger partial charge in [0, 0.05) is 12.2 Å². The van der Waals surface area contributed by atoms with Crippen LogP contribution in [-0.2, 0) is 0 Å². The lowest BCUT2D eigenvalue weighted by atomic mass is 10.0. The molecule has 2 aromatic rings. The quantitative estimate of drug-likeness (QED) is 0.858. The van der Waals surface area contributed by atoms with Crippen molar-refractivity contribution in [2.45, 2.75) is 25.5 Å². The number of benzene rings is 1. The predicted molar refractivity (Wildman–Crippen MR) is 83.7 cm³/mol. The maximum absolute atomic E-state index is 12.9. The summed E-state index contributed by atoms with van der Waals surface area (Å²) in [6, 6.07) is 8.62. The van der Waals surface area contributed by atoms with Gasteiger partial charge in [-0.05, 0) is 43.2 Å². The van der Waals surface area contributed by atoms with Crippen molar-refractivity contribution in [2.75, 3.05) is 7.11 Å². The second kappa shape index (κ2) is 7.69. The molecule has 0 aliphatic rings. The highest BCUT2D eigenvalue weighted by atomic mass is 19.1. The summed E-state index contributed by atoms with van der Waals surface area (Å²) in [7, 11) is 1.45. The van der Waals surface area contributed by atoms with Crippen LogP contribution in [0.1, 0.15) is 35.4 Å². The van der Waals surface area contributed by atoms with Crippen LogP contribution < -0.4 is 10.1 Å². The minimum atomic E-state index is -0.790. The van der Waals surface area contributed by atoms with Gasteiger partial charge in [-0.15, -0.1) is 0 Å². The van der Waals surface area contributed by atoms with Crippen molar-refractivity contribution in [2.24, 2.45) is 0 Å². The van der Waals surface area contributed by atoms with Gasteiger partial charge in [-0.25, -0.2) is 9.37 Å². The molecule has 0 fully saturated rings. The summed E-state index contributed by atoms with van der Waals surface area (Å²) in [4.78, 5) is 16.2. The molecule has 2 N–H and O–H groups in total. The molecule has 0 bridgehead atoms. The largest absolute Gasteiger partial charge is 0.480 e. The number of aliphatic hydroxyl groups excluding tert-OH is 1. The molecule has 1 aromatic carbocycles. The zero-order valence-corrected chi connectivity index (χ0v) is 13.0. The Kier molecular flexibility index (Phi) is 5.65. The number of carbonyl (C=O) groups excluding carboxylic acids is 1. The van der Waals surface area contributed by atoms with Crippen LogP contribution in [-0.4, -0.2) is 29.1 Å². The van der Waals surface area contributed by atoms with Crippen molar-refractivity contribution in [3.05, 3.63) is 59.5 Å². The average Bonchev–Trinajstić information content (AvgIpc) is 2.55. The molecule has 6 heteroatoms. The van der Waals surface area contributed by atoms with E-state index in [0.717, 1.165) is 0 Å². The molecule has 1 heterocycles. The molecule has 2 rings (SSSR count). The van der Waals surface area contributed by atoms with E-state index in [0.29, 0.717) is 17.5 Å². The second-order valence-electron chi connectivity index (χ2n) is 5.24. The number of aliphatic hydroxyl groups is 1. The van der Waals surface area contributed by atoms with Crippen molar-refractivity contribution in [1.29, 1.82) is 0 Å². The predicted octanol–water partition coefficient (Wildman–Crippen LogP) is 2.47. The van der Waals surface area contributed by atoms with Crippen molar-refractivity contribution >= 4 is 5.91 Å². The molecule has 0 saturated heterocycles. The number of amides is 1. The number of nitrogens with zero attached hydrogens (tertiary/aromatic N) is 1. The van der Waals surface area contributed by atoms with Gasteiger partial charge in [0.25, 0.3) is 5.91 Å². The third-order valence-corrected chi connectivity index (χ3v) is 3.42. The lowest BCUT2D eigenvalue weighted by molar-refractivity contribution is 0.0913. The van der Waals surface area contributed by atoms with Crippen LogP contribution in [0, 0.1) is 5.82 Å². The van der Waals surface area contributed by atoms with Gasteiger partial charge in [-0.1, -0.05) is 12.1 Å². The first-order valence-electron chi connectivity index (χ1n) is 7.24. The fourth-order valence-electron chi connectivity index (χ4n) is 2.24. The van der Waals surface area contributed by atoms with E-state index in [9.17, 15) is 14.3 Å². The van der Waals surface area contributed by atoms with Crippen molar-refractivity contribution < 1.29 is 19.0 Å². The maximum Gasteiger partial charge on any atom is 0.256 e. The molecular weight excluding hydrogens is 299 g/mol. The fourth-order valence-corrected chi connectivity index (χ4v) is 2.24. The number of carbonyl (C=O) groups is 1. The number of pyridine rings is 1. The van der Waals surface area contributed by atoms with Crippen LogP contribution in [0.15, 0.2) is 42.6 Å². The van der Waals surface area contributed by atoms with Gasteiger partial charge in [-0.2, -0.15) is 0 Å². The number of aromatic nitrogens is 1. The number of rotatable bonds is 6. The van der Waals surface area contributed by atoms with Gasteiger partial charge in [0.05, 0.1) is 13.2 Å². The Morgan fingerprint density at radius 3 is 2.70 bits per heavy atom. The number of nitrogens with one attached hydrogen (secondary N) is 1. The van der Waals surface area contributed by atoms with Gasteiger partial charge in [-0.3, -0.25) is 4.79 Å². The number of hydrogen-bond acceptors (Lipinski definition) is 4. The molecule has 0 radical (unpaired) electrons. The van der Waals surface area contributed by atoms with Gasteiger partial charge in [0.1, 0.15) is 11.4 Å². The number of ether oxygens (including phenoxy) is 1. The van der Waals surface area contributed by atoms with E-state index < -0.39 is 6.10 Å². The van der Waals surface area contributed by atoms with Gasteiger partial charge in [0.2, 0.25) is 5.88 Å². The summed E-state index contributed by atoms with van der Waals surface area (Å²) >= 11 is 0. The van der Waals surface area contributed by atoms with Crippen molar-refractivity contribution in [3.63, 3.8) is 0 Å². The van der Waals surface area contributed by atoms with Crippen LogP contribution in [0.2, 0.25) is 0 Å². The minimum Gasteiger partial charge on any atom is -0.480 e. The first-order valence-corrected chi connectivity index (χ1v) is 7.24. The van der Waals surface area contributed by atoms with Crippen LogP contribution >= 0.6 is 0 Å². The van der Waals surface area contributed by atoms with Crippen molar-refractivity contribution in [1.82, 2.24) is 10.3 Å². The van der Waals surface area contributed by atoms with Gasteiger partial charge in [0.15, 0.2) is 0 Å². The molecule has 2 unspecified atom stereocenters. The molecule has 1 aromatic heterocycles. The Morgan fingerprint density at radius 2 is 2.04 bits per heavy atom. The fraction of sp³-hybridized carbons (Fsp3) is 0.294. The number of hydrogen-bond donors (Lipinski definition) is 2. The van der Waals surface area contributed by atoms with Crippen LogP contribution in [0.5, 0.6) is 5.88 Å². The summed E-state index contributed by atoms with van der Waals surface area (Å²) in [6.07, 6.45) is 1.05. The summed E-state index contributed by atoms with van der Waals surface area (Å²) < 4.78 is 17.9. The normalized spacial score (nSPS) is 13.2. The number of halogens is 1. The van der Waals surface area contributed by atoms with Crippen LogP contribution in [0.25, 0.3) is 0 Å². The smallest absolute Gasteiger partial charge is 0.256 e. The SMILES string of the molecule is COc1ncccc1C(=O)NC(C)CC(O)c1ccc(F)cc1. The molecule has 5 nitrogen and oxygen atoms in total. The van der Waals surface area contributed by atoms with E-state index in [4.69, 9.17) is 4.74 Å². The van der Waals surface area contributed by atoms with Gasteiger partial charge < -0.3 is 15.2 Å². The first kappa shape index (κ1) is 16.9. The molecular formula is C17H19FN2O3. The van der Waals surface area contributed by atoms with Gasteiger partial charge >= 0.3 is 0 Å². The molecule has 0 spiro atoms. The minimum absolute atomic E-state index is 0.247. The Morgan fingerprint density at radius 1 is 1.35 bits per heavy atom. The topological polar surface area (TPSA) is 71.5 Å². The third kappa shape index (κ3) is 4.50. The van der Waals surface area contributed by atoms with E-state index in [1.807, 2.05) is 0 Å². The van der Waals surface area contributed by atoms with E-state index in [1.165, 1.54) is 37.6 Å². The molecule has 2 atom stereocenters. The van der Waals surface area contributed by atoms with Crippen LogP contribution in [0.4, 0.5) is 4.39 Å². The second-order valence-corrected chi connectivity index (χ2v) is 5.24. The van der Waals surface area contributed by atoms with E-state index in [2.05, 4.69) is 10.3 Å². The van der Waals surface area contributed by atoms with E-state index >= 15 is 0 Å². The highest BCUT2D eigenvalue weighted by molar-refractivity contribution is 5.96. The number of methoxy groups -OCH3 is 1. The average molecular weight is 318 g/mol. The zero-order chi connectivity index (χ0) is 16.8. The Hall–Kier alpha value is -2.47. The first-order chi connectivity index (χ1) is 11.0. The molecule has 0 aliphatic carbocycles. The zero-order valence-electron chi connectivity index (χ0n) is 13.0. The van der Waals surface area contributed by atoms with E-state index in [-0.39, 0.29) is 23.6 Å². The lowest BCUT2D eigenvalue weighted by Crippen LogP contribution is -2.34. The van der Waals surface area contributed by atoms with Crippen molar-refractivity contribution in [3.8, 4) is 5.88 Å². The third-order valence-electron chi connectivity index (χ3n) is 3.42.